The van der Waals surface area contributed by atoms with E-state index in [0.717, 1.165) is 32.4 Å². The van der Waals surface area contributed by atoms with Crippen LogP contribution < -0.4 is 44.2 Å². The second kappa shape index (κ2) is 25.9. The minimum atomic E-state index is -0.0559. The second-order valence-electron chi connectivity index (χ2n) is 9.30. The highest BCUT2D eigenvalue weighted by Gasteiger charge is 2.13. The van der Waals surface area contributed by atoms with E-state index in [1.54, 1.807) is 0 Å². The van der Waals surface area contributed by atoms with Crippen molar-refractivity contribution in [2.24, 2.45) is 22.9 Å². The van der Waals surface area contributed by atoms with Crippen LogP contribution in [0.5, 0.6) is 0 Å². The van der Waals surface area contributed by atoms with E-state index in [2.05, 4.69) is 31.1 Å². The molecule has 0 radical (unpaired) electrons. The first-order chi connectivity index (χ1) is 18.9. The number of unbranched alkanes of at least 4 members (excludes halogenated alkanes) is 2. The monoisotopic (exact) mass is 558 g/mol. The highest BCUT2D eigenvalue weighted by molar-refractivity contribution is 5.77. The SMILES string of the molecule is NCCNC(=O)CCN(CCCCCN(CCC(=O)NCCN)CCC(=O)NCCN)CCC(=O)NCCN. The number of rotatable bonds is 26. The van der Waals surface area contributed by atoms with Crippen LogP contribution in [0.15, 0.2) is 0 Å². The van der Waals surface area contributed by atoms with Gasteiger partial charge in [0.15, 0.2) is 0 Å². The van der Waals surface area contributed by atoms with Crippen molar-refractivity contribution in [2.75, 3.05) is 91.6 Å². The van der Waals surface area contributed by atoms with Crippen LogP contribution in [0.25, 0.3) is 0 Å². The number of hydrogen-bond donors (Lipinski definition) is 8. The molecule has 0 heterocycles. The van der Waals surface area contributed by atoms with Gasteiger partial charge in [-0.15, -0.1) is 0 Å². The molecule has 0 spiro atoms. The molecule has 0 fully saturated rings. The molecule has 0 rings (SSSR count). The molecular formula is C25H54N10O4. The third kappa shape index (κ3) is 23.3. The van der Waals surface area contributed by atoms with Gasteiger partial charge in [-0.05, 0) is 25.9 Å². The Morgan fingerprint density at radius 1 is 0.410 bits per heavy atom. The van der Waals surface area contributed by atoms with E-state index >= 15 is 0 Å². The van der Waals surface area contributed by atoms with Gasteiger partial charge in [-0.2, -0.15) is 0 Å². The average Bonchev–Trinajstić information content (AvgIpc) is 2.94. The second-order valence-corrected chi connectivity index (χ2v) is 9.30. The van der Waals surface area contributed by atoms with Crippen LogP contribution in [0.3, 0.4) is 0 Å². The molecule has 0 saturated heterocycles. The first-order valence-electron chi connectivity index (χ1n) is 14.2. The lowest BCUT2D eigenvalue weighted by Crippen LogP contribution is -2.37. The summed E-state index contributed by atoms with van der Waals surface area (Å²) in [6.45, 7) is 7.11. The third-order valence-corrected chi connectivity index (χ3v) is 5.94. The van der Waals surface area contributed by atoms with Crippen molar-refractivity contribution in [2.45, 2.75) is 44.9 Å². The fraction of sp³-hybridized carbons (Fsp3) is 0.840. The van der Waals surface area contributed by atoms with Gasteiger partial charge in [0.05, 0.1) is 0 Å². The summed E-state index contributed by atoms with van der Waals surface area (Å²) < 4.78 is 0. The predicted molar refractivity (Wildman–Crippen MR) is 153 cm³/mol. The Kier molecular flexibility index (Phi) is 24.3. The molecule has 228 valence electrons. The van der Waals surface area contributed by atoms with Crippen molar-refractivity contribution in [1.29, 1.82) is 0 Å². The van der Waals surface area contributed by atoms with Crippen LogP contribution in [0.4, 0.5) is 0 Å². The summed E-state index contributed by atoms with van der Waals surface area (Å²) in [4.78, 5) is 52.3. The number of carbonyl (C=O) groups is 4. The number of nitrogens with two attached hydrogens (primary N) is 4. The minimum absolute atomic E-state index is 0.0559. The first-order valence-corrected chi connectivity index (χ1v) is 14.2. The Morgan fingerprint density at radius 2 is 0.667 bits per heavy atom. The molecule has 14 nitrogen and oxygen atoms in total. The quantitative estimate of drug-likeness (QED) is 0.0491. The first kappa shape index (κ1) is 36.6. The molecule has 0 aromatic rings. The summed E-state index contributed by atoms with van der Waals surface area (Å²) in [5.41, 5.74) is 21.8. The number of nitrogens with zero attached hydrogens (tertiary/aromatic N) is 2. The predicted octanol–water partition coefficient (Wildman–Crippen LogP) is -3.38. The molecule has 0 atom stereocenters. The number of amides is 4. The molecule has 0 aliphatic carbocycles. The molecule has 39 heavy (non-hydrogen) atoms. The third-order valence-electron chi connectivity index (χ3n) is 5.94. The average molecular weight is 559 g/mol. The van der Waals surface area contributed by atoms with Crippen molar-refractivity contribution in [1.82, 2.24) is 31.1 Å². The van der Waals surface area contributed by atoms with Gasteiger partial charge in [0.25, 0.3) is 0 Å². The Labute approximate surface area is 233 Å². The highest BCUT2D eigenvalue weighted by atomic mass is 16.2. The van der Waals surface area contributed by atoms with Gasteiger partial charge in [-0.25, -0.2) is 0 Å². The molecule has 0 aliphatic rings. The Balaban J connectivity index is 4.67. The molecule has 14 heteroatoms. The van der Waals surface area contributed by atoms with Crippen LogP contribution in [-0.4, -0.2) is 125 Å². The Morgan fingerprint density at radius 3 is 0.897 bits per heavy atom. The van der Waals surface area contributed by atoms with Crippen molar-refractivity contribution >= 4 is 23.6 Å². The Bertz CT molecular complexity index is 567. The lowest BCUT2D eigenvalue weighted by Gasteiger charge is -2.23. The number of hydrogen-bond acceptors (Lipinski definition) is 10. The topological polar surface area (TPSA) is 227 Å². The maximum atomic E-state index is 12.0. The lowest BCUT2D eigenvalue weighted by molar-refractivity contribution is -0.123. The summed E-state index contributed by atoms with van der Waals surface area (Å²) in [7, 11) is 0. The van der Waals surface area contributed by atoms with E-state index < -0.39 is 0 Å². The van der Waals surface area contributed by atoms with E-state index in [0.29, 0.717) is 104 Å². The molecular weight excluding hydrogens is 504 g/mol. The lowest BCUT2D eigenvalue weighted by atomic mass is 10.2. The van der Waals surface area contributed by atoms with E-state index in [-0.39, 0.29) is 23.6 Å². The zero-order chi connectivity index (χ0) is 29.1. The number of nitrogens with one attached hydrogen (secondary N) is 4. The van der Waals surface area contributed by atoms with Gasteiger partial charge in [0.1, 0.15) is 0 Å². The van der Waals surface area contributed by atoms with Crippen LogP contribution in [-0.2, 0) is 19.2 Å². The van der Waals surface area contributed by atoms with Gasteiger partial charge >= 0.3 is 0 Å². The van der Waals surface area contributed by atoms with Crippen LogP contribution in [0, 0.1) is 0 Å². The maximum Gasteiger partial charge on any atom is 0.221 e. The van der Waals surface area contributed by atoms with Crippen molar-refractivity contribution < 1.29 is 19.2 Å². The summed E-state index contributed by atoms with van der Waals surface area (Å²) in [6.07, 6.45) is 4.11. The molecule has 0 unspecified atom stereocenters. The molecule has 0 aromatic heterocycles. The number of carbonyl (C=O) groups excluding carboxylic acids is 4. The molecule has 0 bridgehead atoms. The van der Waals surface area contributed by atoms with E-state index in [4.69, 9.17) is 22.9 Å². The minimum Gasteiger partial charge on any atom is -0.355 e. The van der Waals surface area contributed by atoms with E-state index in [9.17, 15) is 19.2 Å². The van der Waals surface area contributed by atoms with Gasteiger partial charge in [0, 0.05) is 104 Å². The smallest absolute Gasteiger partial charge is 0.221 e. The van der Waals surface area contributed by atoms with Gasteiger partial charge in [0.2, 0.25) is 23.6 Å². The summed E-state index contributed by atoms with van der Waals surface area (Å²) in [6, 6.07) is 0. The normalized spacial score (nSPS) is 11.0. The summed E-state index contributed by atoms with van der Waals surface area (Å²) in [5.74, 6) is -0.223. The molecule has 0 aromatic carbocycles. The van der Waals surface area contributed by atoms with Crippen LogP contribution in [0.2, 0.25) is 0 Å². The highest BCUT2D eigenvalue weighted by Crippen LogP contribution is 2.05. The van der Waals surface area contributed by atoms with Gasteiger partial charge in [-0.3, -0.25) is 19.2 Å². The standard InChI is InChI=1S/C25H54N10O4/c26-8-12-30-22(36)4-18-34(19-5-23(37)31-13-9-27)16-2-1-3-17-35(20-6-24(38)32-14-10-28)21-7-25(39)33-15-11-29/h1-21,26-29H2,(H,30,36)(H,31,37)(H,32,38)(H,33,39). The van der Waals surface area contributed by atoms with Crippen molar-refractivity contribution in [3.05, 3.63) is 0 Å². The largest absolute Gasteiger partial charge is 0.355 e. The Hall–Kier alpha value is -2.36. The van der Waals surface area contributed by atoms with Crippen LogP contribution >= 0.6 is 0 Å². The van der Waals surface area contributed by atoms with E-state index in [1.165, 1.54) is 0 Å². The van der Waals surface area contributed by atoms with Crippen molar-refractivity contribution in [3.8, 4) is 0 Å². The summed E-state index contributed by atoms with van der Waals surface area (Å²) in [5, 5.41) is 11.1. The van der Waals surface area contributed by atoms with Crippen molar-refractivity contribution in [3.63, 3.8) is 0 Å². The summed E-state index contributed by atoms with van der Waals surface area (Å²) >= 11 is 0. The van der Waals surface area contributed by atoms with Gasteiger partial charge < -0.3 is 54.0 Å². The zero-order valence-electron chi connectivity index (χ0n) is 23.7. The fourth-order valence-electron chi connectivity index (χ4n) is 3.76. The molecule has 12 N–H and O–H groups in total. The molecule has 4 amide bonds. The molecule has 0 saturated carbocycles. The fourth-order valence-corrected chi connectivity index (χ4v) is 3.76. The zero-order valence-corrected chi connectivity index (χ0v) is 23.7. The van der Waals surface area contributed by atoms with E-state index in [1.807, 2.05) is 0 Å². The molecule has 0 aliphatic heterocycles. The van der Waals surface area contributed by atoms with Crippen LogP contribution in [0.1, 0.15) is 44.9 Å². The van der Waals surface area contributed by atoms with Gasteiger partial charge in [-0.1, -0.05) is 6.42 Å². The maximum absolute atomic E-state index is 12.0.